The van der Waals surface area contributed by atoms with Crippen molar-refractivity contribution in [2.24, 2.45) is 0 Å². The lowest BCUT2D eigenvalue weighted by atomic mass is 9.93. The fourth-order valence-electron chi connectivity index (χ4n) is 2.92. The van der Waals surface area contributed by atoms with Crippen molar-refractivity contribution in [3.63, 3.8) is 0 Å². The number of nitrogens with one attached hydrogen (secondary N) is 2. The predicted molar refractivity (Wildman–Crippen MR) is 92.2 cm³/mol. The third-order valence-electron chi connectivity index (χ3n) is 4.05. The summed E-state index contributed by atoms with van der Waals surface area (Å²) in [5.74, 6) is -0.887. The van der Waals surface area contributed by atoms with Gasteiger partial charge in [0.2, 0.25) is 0 Å². The molecule has 2 N–H and O–H groups in total. The van der Waals surface area contributed by atoms with Gasteiger partial charge in [-0.25, -0.2) is 4.39 Å². The number of hydrogen-bond acceptors (Lipinski definition) is 2. The van der Waals surface area contributed by atoms with E-state index in [9.17, 15) is 14.0 Å². The Labute approximate surface area is 145 Å². The van der Waals surface area contributed by atoms with Crippen LogP contribution in [0.3, 0.4) is 0 Å². The molecule has 2 rings (SSSR count). The Bertz CT molecular complexity index is 825. The second-order valence-electron chi connectivity index (χ2n) is 6.38. The molecule has 0 unspecified atom stereocenters. The maximum absolute atomic E-state index is 13.2. The van der Waals surface area contributed by atoms with Gasteiger partial charge in [0.25, 0.3) is 5.91 Å². The minimum absolute atomic E-state index is 0.0962. The van der Waals surface area contributed by atoms with Crippen molar-refractivity contribution in [3.8, 4) is 0 Å². The number of H-pyrrole nitrogens is 1. The van der Waals surface area contributed by atoms with Crippen molar-refractivity contribution in [2.75, 3.05) is 0 Å². The first-order valence-corrected chi connectivity index (χ1v) is 7.90. The molecule has 1 heterocycles. The summed E-state index contributed by atoms with van der Waals surface area (Å²) in [6.07, 6.45) is 0. The quantitative estimate of drug-likeness (QED) is 0.808. The van der Waals surface area contributed by atoms with Gasteiger partial charge in [0, 0.05) is 16.3 Å². The van der Waals surface area contributed by atoms with Gasteiger partial charge in [-0.3, -0.25) is 9.59 Å². The first-order valence-electron chi connectivity index (χ1n) is 7.52. The second-order valence-corrected chi connectivity index (χ2v) is 6.79. The fourth-order valence-corrected chi connectivity index (χ4v) is 3.32. The normalized spacial score (nSPS) is 11.5. The first kappa shape index (κ1) is 18.2. The lowest BCUT2D eigenvalue weighted by molar-refractivity contribution is 0.0906. The number of benzene rings is 1. The lowest BCUT2D eigenvalue weighted by Crippen LogP contribution is -2.41. The number of carbonyl (C=O) groups excluding carboxylic acids is 2. The maximum atomic E-state index is 13.2. The molecule has 6 heteroatoms. The molecule has 1 amide bonds. The Morgan fingerprint density at radius 3 is 2.38 bits per heavy atom. The third-order valence-corrected chi connectivity index (χ3v) is 4.36. The monoisotopic (exact) mass is 350 g/mol. The highest BCUT2D eigenvalue weighted by Gasteiger charge is 2.28. The summed E-state index contributed by atoms with van der Waals surface area (Å²) in [6, 6.07) is 4.06. The molecule has 0 aliphatic heterocycles. The standard InChI is InChI=1S/C18H20ClFN2O2/c1-9-15(11(3)23)10(2)21-16(9)17(24)22-18(4,5)13-7-6-12(20)8-14(13)19/h6-8,21H,1-5H3,(H,22,24). The van der Waals surface area contributed by atoms with Crippen molar-refractivity contribution < 1.29 is 14.0 Å². The van der Waals surface area contributed by atoms with E-state index >= 15 is 0 Å². The zero-order valence-electron chi connectivity index (χ0n) is 14.3. The maximum Gasteiger partial charge on any atom is 0.268 e. The summed E-state index contributed by atoms with van der Waals surface area (Å²) in [4.78, 5) is 27.3. The van der Waals surface area contributed by atoms with Gasteiger partial charge in [-0.1, -0.05) is 17.7 Å². The molecule has 0 spiro atoms. The van der Waals surface area contributed by atoms with E-state index in [4.69, 9.17) is 11.6 Å². The molecule has 24 heavy (non-hydrogen) atoms. The number of hydrogen-bond donors (Lipinski definition) is 2. The highest BCUT2D eigenvalue weighted by Crippen LogP contribution is 2.29. The number of aryl methyl sites for hydroxylation is 1. The molecular formula is C18H20ClFN2O2. The van der Waals surface area contributed by atoms with Crippen LogP contribution in [0.15, 0.2) is 18.2 Å². The Kier molecular flexibility index (Phi) is 4.85. The number of Topliss-reactive ketones (excluding diaryl/α,β-unsaturated/α-hetero) is 1. The van der Waals surface area contributed by atoms with E-state index in [1.807, 2.05) is 0 Å². The van der Waals surface area contributed by atoms with Crippen LogP contribution in [0.1, 0.15) is 58.4 Å². The van der Waals surface area contributed by atoms with E-state index in [2.05, 4.69) is 10.3 Å². The van der Waals surface area contributed by atoms with Crippen molar-refractivity contribution in [1.29, 1.82) is 0 Å². The molecule has 0 aliphatic carbocycles. The van der Waals surface area contributed by atoms with Crippen LogP contribution in [0.2, 0.25) is 5.02 Å². The molecule has 2 aromatic rings. The summed E-state index contributed by atoms with van der Waals surface area (Å²) >= 11 is 6.10. The van der Waals surface area contributed by atoms with Gasteiger partial charge in [-0.2, -0.15) is 0 Å². The third kappa shape index (κ3) is 3.36. The lowest BCUT2D eigenvalue weighted by Gasteiger charge is -2.28. The van der Waals surface area contributed by atoms with Crippen LogP contribution in [0.4, 0.5) is 4.39 Å². The average Bonchev–Trinajstić information content (AvgIpc) is 2.72. The smallest absolute Gasteiger partial charge is 0.268 e. The zero-order chi connectivity index (χ0) is 18.2. The first-order chi connectivity index (χ1) is 11.0. The summed E-state index contributed by atoms with van der Waals surface area (Å²) in [6.45, 7) is 8.50. The minimum Gasteiger partial charge on any atom is -0.354 e. The van der Waals surface area contributed by atoms with Crippen LogP contribution < -0.4 is 5.32 Å². The van der Waals surface area contributed by atoms with Gasteiger partial charge in [0.1, 0.15) is 11.5 Å². The number of rotatable bonds is 4. The van der Waals surface area contributed by atoms with Crippen LogP contribution in [-0.4, -0.2) is 16.7 Å². The van der Waals surface area contributed by atoms with Gasteiger partial charge in [-0.05, 0) is 57.9 Å². The van der Waals surface area contributed by atoms with E-state index in [0.29, 0.717) is 28.1 Å². The molecule has 1 aromatic heterocycles. The molecule has 0 radical (unpaired) electrons. The number of carbonyl (C=O) groups is 2. The Hall–Kier alpha value is -2.14. The topological polar surface area (TPSA) is 62.0 Å². The minimum atomic E-state index is -0.816. The number of halogens is 2. The summed E-state index contributed by atoms with van der Waals surface area (Å²) in [5.41, 5.74) is 1.92. The Balaban J connectivity index is 2.35. The van der Waals surface area contributed by atoms with E-state index in [1.165, 1.54) is 19.1 Å². The van der Waals surface area contributed by atoms with Gasteiger partial charge in [0.15, 0.2) is 5.78 Å². The molecule has 0 aliphatic rings. The highest BCUT2D eigenvalue weighted by atomic mass is 35.5. The van der Waals surface area contributed by atoms with Crippen LogP contribution in [0.5, 0.6) is 0 Å². The number of amides is 1. The number of aromatic amines is 1. The Morgan fingerprint density at radius 2 is 1.88 bits per heavy atom. The van der Waals surface area contributed by atoms with Crippen LogP contribution >= 0.6 is 11.6 Å². The highest BCUT2D eigenvalue weighted by molar-refractivity contribution is 6.31. The van der Waals surface area contributed by atoms with Crippen LogP contribution in [-0.2, 0) is 5.54 Å². The molecule has 0 saturated carbocycles. The number of aromatic nitrogens is 1. The van der Waals surface area contributed by atoms with E-state index in [-0.39, 0.29) is 16.7 Å². The summed E-state index contributed by atoms with van der Waals surface area (Å²) < 4.78 is 13.2. The van der Waals surface area contributed by atoms with Gasteiger partial charge in [-0.15, -0.1) is 0 Å². The van der Waals surface area contributed by atoms with Gasteiger partial charge < -0.3 is 10.3 Å². The van der Waals surface area contributed by atoms with E-state index in [1.54, 1.807) is 33.8 Å². The molecule has 4 nitrogen and oxygen atoms in total. The van der Waals surface area contributed by atoms with Gasteiger partial charge >= 0.3 is 0 Å². The molecule has 0 atom stereocenters. The van der Waals surface area contributed by atoms with Crippen LogP contribution in [0.25, 0.3) is 0 Å². The van der Waals surface area contributed by atoms with Crippen molar-refractivity contribution >= 4 is 23.3 Å². The predicted octanol–water partition coefficient (Wildman–Crippen LogP) is 4.29. The van der Waals surface area contributed by atoms with Crippen molar-refractivity contribution in [2.45, 2.75) is 40.2 Å². The Morgan fingerprint density at radius 1 is 1.25 bits per heavy atom. The number of ketones is 1. The van der Waals surface area contributed by atoms with Crippen LogP contribution in [0, 0.1) is 19.7 Å². The van der Waals surface area contributed by atoms with Gasteiger partial charge in [0.05, 0.1) is 5.54 Å². The summed E-state index contributed by atoms with van der Waals surface area (Å²) in [7, 11) is 0. The molecule has 1 aromatic carbocycles. The average molecular weight is 351 g/mol. The SMILES string of the molecule is CC(=O)c1c(C)[nH]c(C(=O)NC(C)(C)c2ccc(F)cc2Cl)c1C. The molecular weight excluding hydrogens is 331 g/mol. The second kappa shape index (κ2) is 6.40. The summed E-state index contributed by atoms with van der Waals surface area (Å²) in [5, 5.41) is 3.12. The van der Waals surface area contributed by atoms with E-state index in [0.717, 1.165) is 0 Å². The van der Waals surface area contributed by atoms with Crippen molar-refractivity contribution in [1.82, 2.24) is 10.3 Å². The molecule has 128 valence electrons. The van der Waals surface area contributed by atoms with E-state index < -0.39 is 11.4 Å². The zero-order valence-corrected chi connectivity index (χ0v) is 15.1. The largest absolute Gasteiger partial charge is 0.354 e. The molecule has 0 saturated heterocycles. The fraction of sp³-hybridized carbons (Fsp3) is 0.333. The molecule has 0 fully saturated rings. The van der Waals surface area contributed by atoms with Crippen molar-refractivity contribution in [3.05, 3.63) is 57.1 Å². The molecule has 0 bridgehead atoms.